The Labute approximate surface area is 386 Å². The third kappa shape index (κ3) is 8.17. The van der Waals surface area contributed by atoms with Crippen molar-refractivity contribution < 1.29 is 71.5 Å². The molecule has 15 heteroatoms. The predicted molar refractivity (Wildman–Crippen MR) is 235 cm³/mol. The van der Waals surface area contributed by atoms with Crippen molar-refractivity contribution in [2.24, 2.45) is 50.2 Å². The minimum absolute atomic E-state index is 0.00428. The van der Waals surface area contributed by atoms with Gasteiger partial charge < -0.3 is 61.9 Å². The van der Waals surface area contributed by atoms with E-state index in [1.54, 1.807) is 21.0 Å². The van der Waals surface area contributed by atoms with Crippen molar-refractivity contribution >= 4 is 11.9 Å². The van der Waals surface area contributed by atoms with Crippen LogP contribution in [0.1, 0.15) is 127 Å². The molecule has 15 nitrogen and oxygen atoms in total. The number of esters is 2. The van der Waals surface area contributed by atoms with Crippen LogP contribution in [0, 0.1) is 50.2 Å². The van der Waals surface area contributed by atoms with Gasteiger partial charge in [0.15, 0.2) is 24.5 Å². The van der Waals surface area contributed by atoms with Gasteiger partial charge in [-0.25, -0.2) is 4.79 Å². The molecule has 5 aliphatic carbocycles. The first-order valence-corrected chi connectivity index (χ1v) is 24.3. The number of ether oxygens (including phenoxy) is 12. The van der Waals surface area contributed by atoms with Crippen molar-refractivity contribution in [1.82, 2.24) is 0 Å². The van der Waals surface area contributed by atoms with E-state index >= 15 is 0 Å². The van der Waals surface area contributed by atoms with E-state index in [0.29, 0.717) is 11.8 Å². The summed E-state index contributed by atoms with van der Waals surface area (Å²) in [4.78, 5) is 27.4. The fourth-order valence-corrected chi connectivity index (χ4v) is 15.2. The van der Waals surface area contributed by atoms with Gasteiger partial charge in [0.2, 0.25) is 0 Å². The molecule has 0 amide bonds. The Hall–Kier alpha value is -1.76. The molecule has 1 unspecified atom stereocenters. The molecule has 7 fully saturated rings. The molecule has 4 saturated carbocycles. The second-order valence-corrected chi connectivity index (χ2v) is 23.3. The van der Waals surface area contributed by atoms with Gasteiger partial charge in [-0.05, 0) is 123 Å². The van der Waals surface area contributed by atoms with Crippen LogP contribution in [0.2, 0.25) is 0 Å². The van der Waals surface area contributed by atoms with Crippen LogP contribution in [0.4, 0.5) is 0 Å². The Bertz CT molecular complexity index is 1780. The first kappa shape index (κ1) is 49.7. The van der Waals surface area contributed by atoms with Gasteiger partial charge >= 0.3 is 11.9 Å². The molecular weight excluding hydrogens is 841 g/mol. The van der Waals surface area contributed by atoms with Crippen LogP contribution in [-0.4, -0.2) is 133 Å². The van der Waals surface area contributed by atoms with Crippen LogP contribution in [-0.2, 0) is 66.4 Å². The Kier molecular flexibility index (Phi) is 13.7. The highest BCUT2D eigenvalue weighted by Gasteiger charge is 2.70. The summed E-state index contributed by atoms with van der Waals surface area (Å²) in [6.45, 7) is 20.3. The van der Waals surface area contributed by atoms with Gasteiger partial charge in [-0.15, -0.1) is 0 Å². The SMILES string of the molecule is COCO[C@H]1[C@H](O[C@H]2CC[C@@]3(C)C(CC[C@]4(C)[C@@H]3CC=C3[C@@H]5CC(C)(C)CC[C@]5(C(=O)OC)CC[C@]34C)C2(C)C)O[C@H](C(=O)OC)[C@@H](OCOC)[C@@H]1O[C@@H]1OC[C@@H]2OC(C)(C)O[C@@H]2[C@H]1O. The second-order valence-electron chi connectivity index (χ2n) is 23.3. The second kappa shape index (κ2) is 17.9. The number of allylic oxidation sites excluding steroid dienone is 2. The van der Waals surface area contributed by atoms with Crippen LogP contribution in [0.25, 0.3) is 0 Å². The molecule has 8 rings (SSSR count). The highest BCUT2D eigenvalue weighted by atomic mass is 16.8. The first-order chi connectivity index (χ1) is 30.6. The minimum Gasteiger partial charge on any atom is -0.469 e. The summed E-state index contributed by atoms with van der Waals surface area (Å²) < 4.78 is 72.8. The zero-order valence-corrected chi connectivity index (χ0v) is 41.4. The van der Waals surface area contributed by atoms with Crippen LogP contribution < -0.4 is 0 Å². The Morgan fingerprint density at radius 3 is 2.12 bits per heavy atom. The normalized spacial score (nSPS) is 47.2. The van der Waals surface area contributed by atoms with E-state index in [-0.39, 0.29) is 65.3 Å². The fraction of sp³-hybridized carbons (Fsp3) is 0.920. The molecular formula is C50H80O15. The zero-order chi connectivity index (χ0) is 47.1. The number of methoxy groups -OCH3 is 4. The molecule has 8 aliphatic rings. The Balaban J connectivity index is 1.08. The number of rotatable bonds is 12. The summed E-state index contributed by atoms with van der Waals surface area (Å²) in [5.74, 6) is -0.724. The fourth-order valence-electron chi connectivity index (χ4n) is 15.2. The molecule has 1 N–H and O–H groups in total. The third-order valence-electron chi connectivity index (χ3n) is 18.7. The molecule has 65 heavy (non-hydrogen) atoms. The van der Waals surface area contributed by atoms with Gasteiger partial charge in [0.05, 0.1) is 32.3 Å². The summed E-state index contributed by atoms with van der Waals surface area (Å²) in [6, 6.07) is 0. The lowest BCUT2D eigenvalue weighted by molar-refractivity contribution is -0.371. The van der Waals surface area contributed by atoms with E-state index in [4.69, 9.17) is 56.8 Å². The summed E-state index contributed by atoms with van der Waals surface area (Å²) in [6.07, 6.45) is 2.44. The predicted octanol–water partition coefficient (Wildman–Crippen LogP) is 6.84. The molecule has 370 valence electrons. The van der Waals surface area contributed by atoms with E-state index in [1.807, 2.05) is 0 Å². The molecule has 17 atom stereocenters. The van der Waals surface area contributed by atoms with Crippen molar-refractivity contribution in [2.45, 2.75) is 194 Å². The summed E-state index contributed by atoms with van der Waals surface area (Å²) in [7, 11) is 5.85. The molecule has 0 aromatic heterocycles. The number of hydrogen-bond donors (Lipinski definition) is 1. The van der Waals surface area contributed by atoms with E-state index in [2.05, 4.69) is 54.5 Å². The van der Waals surface area contributed by atoms with Crippen molar-refractivity contribution in [3.05, 3.63) is 11.6 Å². The van der Waals surface area contributed by atoms with Gasteiger partial charge in [0.1, 0.15) is 50.2 Å². The molecule has 0 aromatic carbocycles. The molecule has 0 radical (unpaired) electrons. The van der Waals surface area contributed by atoms with Crippen molar-refractivity contribution in [3.63, 3.8) is 0 Å². The molecule has 3 saturated heterocycles. The number of aliphatic hydroxyl groups is 1. The number of carbonyl (C=O) groups is 2. The van der Waals surface area contributed by atoms with Crippen molar-refractivity contribution in [2.75, 3.05) is 48.6 Å². The van der Waals surface area contributed by atoms with Gasteiger partial charge in [-0.1, -0.05) is 60.1 Å². The summed E-state index contributed by atoms with van der Waals surface area (Å²) >= 11 is 0. The van der Waals surface area contributed by atoms with Crippen molar-refractivity contribution in [3.8, 4) is 0 Å². The molecule has 0 bridgehead atoms. The average molecular weight is 921 g/mol. The quantitative estimate of drug-likeness (QED) is 0.0935. The Morgan fingerprint density at radius 2 is 1.45 bits per heavy atom. The minimum atomic E-state index is -1.31. The number of fused-ring (bicyclic) bond motifs is 8. The topological polar surface area (TPSA) is 165 Å². The number of aliphatic hydroxyl groups excluding tert-OH is 1. The molecule has 3 heterocycles. The van der Waals surface area contributed by atoms with Gasteiger partial charge in [-0.3, -0.25) is 4.79 Å². The lowest BCUT2D eigenvalue weighted by Gasteiger charge is -2.71. The van der Waals surface area contributed by atoms with Crippen LogP contribution in [0.15, 0.2) is 11.6 Å². The molecule has 3 aliphatic heterocycles. The maximum absolute atomic E-state index is 13.8. The van der Waals surface area contributed by atoms with Crippen molar-refractivity contribution in [1.29, 1.82) is 0 Å². The lowest BCUT2D eigenvalue weighted by atomic mass is 9.33. The van der Waals surface area contributed by atoms with E-state index in [9.17, 15) is 14.7 Å². The molecule has 0 aromatic rings. The van der Waals surface area contributed by atoms with E-state index < -0.39 is 72.5 Å². The highest BCUT2D eigenvalue weighted by molar-refractivity contribution is 5.78. The van der Waals surface area contributed by atoms with E-state index in [0.717, 1.165) is 64.2 Å². The number of carbonyl (C=O) groups excluding carboxylic acids is 2. The maximum Gasteiger partial charge on any atom is 0.337 e. The van der Waals surface area contributed by atoms with Gasteiger partial charge in [0.25, 0.3) is 0 Å². The monoisotopic (exact) mass is 921 g/mol. The van der Waals surface area contributed by atoms with E-state index in [1.165, 1.54) is 26.9 Å². The third-order valence-corrected chi connectivity index (χ3v) is 18.7. The Morgan fingerprint density at radius 1 is 0.754 bits per heavy atom. The van der Waals surface area contributed by atoms with Gasteiger partial charge in [0, 0.05) is 14.2 Å². The average Bonchev–Trinajstić information content (AvgIpc) is 3.58. The first-order valence-electron chi connectivity index (χ1n) is 24.3. The highest BCUT2D eigenvalue weighted by Crippen LogP contribution is 2.76. The van der Waals surface area contributed by atoms with Crippen LogP contribution >= 0.6 is 0 Å². The largest absolute Gasteiger partial charge is 0.469 e. The summed E-state index contributed by atoms with van der Waals surface area (Å²) in [5.41, 5.74) is 0.886. The molecule has 0 spiro atoms. The van der Waals surface area contributed by atoms with Crippen LogP contribution in [0.5, 0.6) is 0 Å². The van der Waals surface area contributed by atoms with Gasteiger partial charge in [-0.2, -0.15) is 0 Å². The van der Waals surface area contributed by atoms with Crippen LogP contribution in [0.3, 0.4) is 0 Å². The number of hydrogen-bond acceptors (Lipinski definition) is 15. The maximum atomic E-state index is 13.8. The zero-order valence-electron chi connectivity index (χ0n) is 41.4. The smallest absolute Gasteiger partial charge is 0.337 e. The lowest BCUT2D eigenvalue weighted by Crippen LogP contribution is -2.67. The summed E-state index contributed by atoms with van der Waals surface area (Å²) in [5, 5.41) is 11.6. The standard InChI is InChI=1S/C50H80O15/c1-44(2)20-22-50(43(53)57-13)23-21-48(8)28(29(50)24-44)14-15-32-47(7)18-17-33(45(3,4)31(47)16-19-49(32,48)9)61-42-39(60-27-55-11)37(36(59-26-54-10)38(63-42)40(52)56-12)62-41-34(51)35-30(25-58-41)64-46(5,6)65-35/h14,29-39,41-42,51H,15-27H2,1-13H3/t29-,30-,31?,32+,33-,34+,35-,36-,37-,38-,39+,41-,42+,47-,48+,49+,50-/m0/s1.